The number of hydrogen-bond acceptors (Lipinski definition) is 4. The molecule has 2 aromatic carbocycles. The van der Waals surface area contributed by atoms with Gasteiger partial charge >= 0.3 is 0 Å². The van der Waals surface area contributed by atoms with Crippen LogP contribution in [0, 0.1) is 5.82 Å². The molecule has 3 rings (SSSR count). The molecule has 2 atom stereocenters. The van der Waals surface area contributed by atoms with E-state index in [0.29, 0.717) is 42.1 Å². The van der Waals surface area contributed by atoms with Crippen LogP contribution in [0.4, 0.5) is 20.2 Å². The van der Waals surface area contributed by atoms with Crippen molar-refractivity contribution < 1.29 is 23.4 Å². The van der Waals surface area contributed by atoms with E-state index in [4.69, 9.17) is 16.3 Å². The fourth-order valence-electron chi connectivity index (χ4n) is 3.17. The molecule has 1 heterocycles. The Kier molecular flexibility index (Phi) is 6.36. The van der Waals surface area contributed by atoms with E-state index < -0.39 is 24.0 Å². The average molecular weight is 411 g/mol. The molecular formula is C20H21ClF2N2O3. The van der Waals surface area contributed by atoms with E-state index in [9.17, 15) is 18.7 Å². The number of nitrogens with zero attached hydrogens (tertiary/aromatic N) is 1. The van der Waals surface area contributed by atoms with Gasteiger partial charge in [-0.2, -0.15) is 0 Å². The summed E-state index contributed by atoms with van der Waals surface area (Å²) in [6, 6.07) is 8.74. The lowest BCUT2D eigenvalue weighted by atomic mass is 10.1. The van der Waals surface area contributed by atoms with Gasteiger partial charge in [0.05, 0.1) is 30.5 Å². The van der Waals surface area contributed by atoms with Gasteiger partial charge in [-0.25, -0.2) is 8.78 Å². The standard InChI is InChI=1S/C20H21ClF2N2O3/c1-28-19-7-4-12(20(27)24-13-5-6-15(22)14(21)10-13)9-17(19)25-8-2-3-18(26)16(23)11-25/h4-7,9-10,16,18,26H,2-3,8,11H2,1H3,(H,24,27). The summed E-state index contributed by atoms with van der Waals surface area (Å²) in [4.78, 5) is 14.4. The number of alkyl halides is 1. The third-order valence-electron chi connectivity index (χ3n) is 4.70. The number of benzene rings is 2. The van der Waals surface area contributed by atoms with Crippen LogP contribution < -0.4 is 15.0 Å². The van der Waals surface area contributed by atoms with Gasteiger partial charge < -0.3 is 20.1 Å². The van der Waals surface area contributed by atoms with Crippen LogP contribution >= 0.6 is 11.6 Å². The van der Waals surface area contributed by atoms with Gasteiger partial charge in [-0.1, -0.05) is 11.6 Å². The van der Waals surface area contributed by atoms with Gasteiger partial charge in [-0.05, 0) is 49.2 Å². The van der Waals surface area contributed by atoms with Crippen molar-refractivity contribution >= 4 is 28.9 Å². The number of rotatable bonds is 4. The number of carbonyl (C=O) groups is 1. The number of methoxy groups -OCH3 is 1. The van der Waals surface area contributed by atoms with Crippen molar-refractivity contribution in [1.82, 2.24) is 0 Å². The second kappa shape index (κ2) is 8.75. The Morgan fingerprint density at radius 3 is 2.82 bits per heavy atom. The minimum Gasteiger partial charge on any atom is -0.495 e. The van der Waals surface area contributed by atoms with Crippen molar-refractivity contribution in [2.45, 2.75) is 25.1 Å². The molecule has 150 valence electrons. The van der Waals surface area contributed by atoms with Crippen LogP contribution in [0.5, 0.6) is 5.75 Å². The molecule has 1 saturated heterocycles. The summed E-state index contributed by atoms with van der Waals surface area (Å²) in [6.45, 7) is 0.544. The number of hydrogen-bond donors (Lipinski definition) is 2. The number of anilines is 2. The first kappa shape index (κ1) is 20.4. The molecule has 0 spiro atoms. The maximum atomic E-state index is 14.2. The Balaban J connectivity index is 1.85. The van der Waals surface area contributed by atoms with E-state index in [1.54, 1.807) is 23.1 Å². The first-order valence-corrected chi connectivity index (χ1v) is 9.28. The Morgan fingerprint density at radius 2 is 2.11 bits per heavy atom. The molecular weight excluding hydrogens is 390 g/mol. The number of nitrogens with one attached hydrogen (secondary N) is 1. The zero-order valence-electron chi connectivity index (χ0n) is 15.3. The number of aliphatic hydroxyl groups is 1. The van der Waals surface area contributed by atoms with Crippen LogP contribution in [0.3, 0.4) is 0 Å². The summed E-state index contributed by atoms with van der Waals surface area (Å²) < 4.78 is 32.8. The third-order valence-corrected chi connectivity index (χ3v) is 4.99. The van der Waals surface area contributed by atoms with Gasteiger partial charge in [0.15, 0.2) is 0 Å². The van der Waals surface area contributed by atoms with Gasteiger partial charge in [0.2, 0.25) is 0 Å². The van der Waals surface area contributed by atoms with Gasteiger partial charge in [-0.3, -0.25) is 4.79 Å². The highest BCUT2D eigenvalue weighted by Crippen LogP contribution is 2.32. The lowest BCUT2D eigenvalue weighted by Gasteiger charge is -2.26. The molecule has 2 unspecified atom stereocenters. The number of amides is 1. The summed E-state index contributed by atoms with van der Waals surface area (Å²) in [5.74, 6) is -0.487. The maximum Gasteiger partial charge on any atom is 0.255 e. The minimum absolute atomic E-state index is 0.0101. The van der Waals surface area contributed by atoms with Crippen molar-refractivity contribution in [2.24, 2.45) is 0 Å². The van der Waals surface area contributed by atoms with Crippen LogP contribution in [-0.2, 0) is 0 Å². The lowest BCUT2D eigenvalue weighted by molar-refractivity contribution is 0.0803. The van der Waals surface area contributed by atoms with E-state index in [1.807, 2.05) is 0 Å². The monoisotopic (exact) mass is 410 g/mol. The normalized spacial score (nSPS) is 19.8. The van der Waals surface area contributed by atoms with Crippen LogP contribution in [0.15, 0.2) is 36.4 Å². The molecule has 5 nitrogen and oxygen atoms in total. The van der Waals surface area contributed by atoms with E-state index in [2.05, 4.69) is 5.32 Å². The van der Waals surface area contributed by atoms with Crippen LogP contribution in [-0.4, -0.2) is 43.5 Å². The molecule has 1 aliphatic rings. The largest absolute Gasteiger partial charge is 0.495 e. The Hall–Kier alpha value is -2.38. The highest BCUT2D eigenvalue weighted by Gasteiger charge is 2.27. The fraction of sp³-hybridized carbons (Fsp3) is 0.350. The molecule has 28 heavy (non-hydrogen) atoms. The predicted octanol–water partition coefficient (Wildman–Crippen LogP) is 4.04. The molecule has 1 fully saturated rings. The van der Waals surface area contributed by atoms with Crippen molar-refractivity contribution in [3.63, 3.8) is 0 Å². The number of aliphatic hydroxyl groups excluding tert-OH is 1. The zero-order valence-corrected chi connectivity index (χ0v) is 16.0. The van der Waals surface area contributed by atoms with Crippen LogP contribution in [0.25, 0.3) is 0 Å². The number of carbonyl (C=O) groups excluding carboxylic acids is 1. The zero-order chi connectivity index (χ0) is 20.3. The van der Waals surface area contributed by atoms with E-state index in [0.717, 1.165) is 0 Å². The van der Waals surface area contributed by atoms with Gasteiger partial charge in [0.1, 0.15) is 17.7 Å². The summed E-state index contributed by atoms with van der Waals surface area (Å²) in [6.07, 6.45) is -1.38. The van der Waals surface area contributed by atoms with Crippen LogP contribution in [0.2, 0.25) is 5.02 Å². The lowest BCUT2D eigenvalue weighted by Crippen LogP contribution is -2.33. The van der Waals surface area contributed by atoms with E-state index in [-0.39, 0.29) is 11.6 Å². The number of ether oxygens (including phenoxy) is 1. The van der Waals surface area contributed by atoms with Crippen molar-refractivity contribution in [3.8, 4) is 5.75 Å². The molecule has 0 radical (unpaired) electrons. The van der Waals surface area contributed by atoms with Crippen molar-refractivity contribution in [2.75, 3.05) is 30.4 Å². The van der Waals surface area contributed by atoms with E-state index in [1.165, 1.54) is 25.3 Å². The molecule has 1 amide bonds. The summed E-state index contributed by atoms with van der Waals surface area (Å²) in [5, 5.41) is 12.3. The van der Waals surface area contributed by atoms with Gasteiger partial charge in [0.25, 0.3) is 5.91 Å². The Bertz CT molecular complexity index is 865. The van der Waals surface area contributed by atoms with Gasteiger partial charge in [-0.15, -0.1) is 0 Å². The quantitative estimate of drug-likeness (QED) is 0.798. The molecule has 0 saturated carbocycles. The van der Waals surface area contributed by atoms with Crippen LogP contribution in [0.1, 0.15) is 23.2 Å². The molecule has 0 aliphatic carbocycles. The first-order valence-electron chi connectivity index (χ1n) is 8.90. The Labute approximate surface area is 166 Å². The summed E-state index contributed by atoms with van der Waals surface area (Å²) in [7, 11) is 1.50. The average Bonchev–Trinajstić information content (AvgIpc) is 2.85. The third kappa shape index (κ3) is 4.54. The van der Waals surface area contributed by atoms with Gasteiger partial charge in [0, 0.05) is 17.8 Å². The smallest absolute Gasteiger partial charge is 0.255 e. The SMILES string of the molecule is COc1ccc(C(=O)Nc2ccc(F)c(Cl)c2)cc1N1CCCC(O)C(F)C1. The second-order valence-electron chi connectivity index (χ2n) is 6.64. The summed E-state index contributed by atoms with van der Waals surface area (Å²) in [5.41, 5.74) is 1.26. The number of halogens is 3. The second-order valence-corrected chi connectivity index (χ2v) is 7.05. The predicted molar refractivity (Wildman–Crippen MR) is 105 cm³/mol. The molecule has 0 bridgehead atoms. The summed E-state index contributed by atoms with van der Waals surface area (Å²) >= 11 is 5.75. The first-order chi connectivity index (χ1) is 13.4. The van der Waals surface area contributed by atoms with Crippen molar-refractivity contribution in [1.29, 1.82) is 0 Å². The minimum atomic E-state index is -1.38. The Morgan fingerprint density at radius 1 is 1.32 bits per heavy atom. The molecule has 2 N–H and O–H groups in total. The van der Waals surface area contributed by atoms with E-state index >= 15 is 0 Å². The molecule has 2 aromatic rings. The molecule has 0 aromatic heterocycles. The fourth-order valence-corrected chi connectivity index (χ4v) is 3.35. The topological polar surface area (TPSA) is 61.8 Å². The maximum absolute atomic E-state index is 14.2. The highest BCUT2D eigenvalue weighted by atomic mass is 35.5. The molecule has 1 aliphatic heterocycles. The van der Waals surface area contributed by atoms with Crippen molar-refractivity contribution in [3.05, 3.63) is 52.8 Å². The molecule has 8 heteroatoms. The highest BCUT2D eigenvalue weighted by molar-refractivity contribution is 6.31.